The molecule has 0 unspecified atom stereocenters. The van der Waals surface area contributed by atoms with Gasteiger partial charge in [-0.1, -0.05) is 30.3 Å². The molecule has 15 heavy (non-hydrogen) atoms. The number of hydrogen-bond acceptors (Lipinski definition) is 2. The van der Waals surface area contributed by atoms with E-state index in [0.717, 1.165) is 5.56 Å². The summed E-state index contributed by atoms with van der Waals surface area (Å²) in [6.45, 7) is 1.58. The molecule has 0 bridgehead atoms. The van der Waals surface area contributed by atoms with Crippen LogP contribution in [-0.2, 0) is 6.54 Å². The second kappa shape index (κ2) is 6.03. The molecule has 2 amide bonds. The van der Waals surface area contributed by atoms with Gasteiger partial charge < -0.3 is 16.0 Å². The van der Waals surface area contributed by atoms with E-state index in [2.05, 4.69) is 5.32 Å². The van der Waals surface area contributed by atoms with E-state index in [1.54, 1.807) is 11.9 Å². The number of hydrogen-bond donors (Lipinski definition) is 2. The monoisotopic (exact) mass is 207 g/mol. The number of nitrogens with zero attached hydrogens (tertiary/aromatic N) is 1. The molecule has 0 fully saturated rings. The molecular weight excluding hydrogens is 190 g/mol. The fourth-order valence-electron chi connectivity index (χ4n) is 1.24. The Morgan fingerprint density at radius 2 is 2.07 bits per heavy atom. The maximum Gasteiger partial charge on any atom is 0.317 e. The molecule has 82 valence electrons. The van der Waals surface area contributed by atoms with Gasteiger partial charge >= 0.3 is 6.03 Å². The van der Waals surface area contributed by atoms with Crippen molar-refractivity contribution < 1.29 is 4.79 Å². The maximum absolute atomic E-state index is 11.5. The van der Waals surface area contributed by atoms with Gasteiger partial charge in [-0.3, -0.25) is 0 Å². The zero-order valence-corrected chi connectivity index (χ0v) is 8.94. The van der Waals surface area contributed by atoms with E-state index >= 15 is 0 Å². The van der Waals surface area contributed by atoms with Gasteiger partial charge in [-0.2, -0.15) is 0 Å². The van der Waals surface area contributed by atoms with Gasteiger partial charge in [0.2, 0.25) is 0 Å². The SMILES string of the molecule is CN(Cc1ccccc1)C(=O)NCCN. The van der Waals surface area contributed by atoms with E-state index in [9.17, 15) is 4.79 Å². The lowest BCUT2D eigenvalue weighted by Crippen LogP contribution is -2.39. The maximum atomic E-state index is 11.5. The molecule has 0 saturated carbocycles. The van der Waals surface area contributed by atoms with Crippen molar-refractivity contribution in [2.45, 2.75) is 6.54 Å². The van der Waals surface area contributed by atoms with Crippen LogP contribution in [0, 0.1) is 0 Å². The van der Waals surface area contributed by atoms with Crippen molar-refractivity contribution in [3.05, 3.63) is 35.9 Å². The highest BCUT2D eigenvalue weighted by Crippen LogP contribution is 2.02. The summed E-state index contributed by atoms with van der Waals surface area (Å²) < 4.78 is 0. The van der Waals surface area contributed by atoms with Crippen LogP contribution < -0.4 is 11.1 Å². The van der Waals surface area contributed by atoms with E-state index in [-0.39, 0.29) is 6.03 Å². The van der Waals surface area contributed by atoms with Gasteiger partial charge in [0.1, 0.15) is 0 Å². The molecule has 0 radical (unpaired) electrons. The summed E-state index contributed by atoms with van der Waals surface area (Å²) in [6, 6.07) is 9.77. The lowest BCUT2D eigenvalue weighted by atomic mass is 10.2. The molecule has 1 aromatic rings. The fourth-order valence-corrected chi connectivity index (χ4v) is 1.24. The number of urea groups is 1. The zero-order chi connectivity index (χ0) is 11.1. The van der Waals surface area contributed by atoms with Crippen LogP contribution in [0.5, 0.6) is 0 Å². The van der Waals surface area contributed by atoms with Crippen molar-refractivity contribution in [1.29, 1.82) is 0 Å². The Hall–Kier alpha value is -1.55. The summed E-state index contributed by atoms with van der Waals surface area (Å²) in [5.74, 6) is 0. The lowest BCUT2D eigenvalue weighted by molar-refractivity contribution is 0.207. The Balaban J connectivity index is 2.41. The molecule has 3 N–H and O–H groups in total. The Morgan fingerprint density at radius 3 is 2.67 bits per heavy atom. The largest absolute Gasteiger partial charge is 0.337 e. The first-order valence-corrected chi connectivity index (χ1v) is 4.97. The molecule has 0 heterocycles. The van der Waals surface area contributed by atoms with Crippen LogP contribution in [0.15, 0.2) is 30.3 Å². The summed E-state index contributed by atoms with van der Waals surface area (Å²) in [7, 11) is 1.76. The molecule has 0 saturated heterocycles. The van der Waals surface area contributed by atoms with Crippen LogP contribution in [-0.4, -0.2) is 31.1 Å². The Morgan fingerprint density at radius 1 is 1.40 bits per heavy atom. The van der Waals surface area contributed by atoms with Crippen LogP contribution in [0.3, 0.4) is 0 Å². The molecule has 0 spiro atoms. The summed E-state index contributed by atoms with van der Waals surface area (Å²) in [6.07, 6.45) is 0. The smallest absolute Gasteiger partial charge is 0.317 e. The first kappa shape index (κ1) is 11.5. The highest BCUT2D eigenvalue weighted by Gasteiger charge is 2.06. The predicted octanol–water partition coefficient (Wildman–Crippen LogP) is 0.787. The number of carbonyl (C=O) groups excluding carboxylic acids is 1. The average molecular weight is 207 g/mol. The van der Waals surface area contributed by atoms with Crippen molar-refractivity contribution >= 4 is 6.03 Å². The topological polar surface area (TPSA) is 58.4 Å². The molecule has 0 aliphatic rings. The minimum absolute atomic E-state index is 0.0932. The third-order valence-corrected chi connectivity index (χ3v) is 2.03. The molecular formula is C11H17N3O. The quantitative estimate of drug-likeness (QED) is 0.766. The first-order valence-electron chi connectivity index (χ1n) is 4.97. The van der Waals surface area contributed by atoms with E-state index < -0.39 is 0 Å². The number of nitrogens with one attached hydrogen (secondary N) is 1. The van der Waals surface area contributed by atoms with Crippen LogP contribution in [0.25, 0.3) is 0 Å². The predicted molar refractivity (Wildman–Crippen MR) is 60.4 cm³/mol. The fraction of sp³-hybridized carbons (Fsp3) is 0.364. The van der Waals surface area contributed by atoms with Crippen molar-refractivity contribution in [2.75, 3.05) is 20.1 Å². The molecule has 0 atom stereocenters. The summed E-state index contributed by atoms with van der Waals surface area (Å²) >= 11 is 0. The van der Waals surface area contributed by atoms with Crippen LogP contribution in [0.2, 0.25) is 0 Å². The normalized spacial score (nSPS) is 9.73. The van der Waals surface area contributed by atoms with Crippen molar-refractivity contribution in [3.63, 3.8) is 0 Å². The number of benzene rings is 1. The zero-order valence-electron chi connectivity index (χ0n) is 8.94. The van der Waals surface area contributed by atoms with E-state index in [1.807, 2.05) is 30.3 Å². The minimum Gasteiger partial charge on any atom is -0.337 e. The third-order valence-electron chi connectivity index (χ3n) is 2.03. The van der Waals surface area contributed by atoms with E-state index in [0.29, 0.717) is 19.6 Å². The van der Waals surface area contributed by atoms with Gasteiger partial charge in [-0.05, 0) is 5.56 Å². The summed E-state index contributed by atoms with van der Waals surface area (Å²) in [5.41, 5.74) is 6.41. The standard InChI is InChI=1S/C11H17N3O/c1-14(11(15)13-8-7-12)9-10-5-3-2-4-6-10/h2-6H,7-9,12H2,1H3,(H,13,15). The van der Waals surface area contributed by atoms with Crippen molar-refractivity contribution in [1.82, 2.24) is 10.2 Å². The highest BCUT2D eigenvalue weighted by atomic mass is 16.2. The first-order chi connectivity index (χ1) is 7.24. The third kappa shape index (κ3) is 3.99. The van der Waals surface area contributed by atoms with E-state index in [1.165, 1.54) is 0 Å². The van der Waals surface area contributed by atoms with Gasteiger partial charge in [0.25, 0.3) is 0 Å². The molecule has 4 heteroatoms. The van der Waals surface area contributed by atoms with E-state index in [4.69, 9.17) is 5.73 Å². The van der Waals surface area contributed by atoms with Gasteiger partial charge in [0, 0.05) is 26.7 Å². The summed E-state index contributed by atoms with van der Waals surface area (Å²) in [4.78, 5) is 13.1. The van der Waals surface area contributed by atoms with Gasteiger partial charge in [-0.15, -0.1) is 0 Å². The Labute approximate surface area is 90.1 Å². The summed E-state index contributed by atoms with van der Waals surface area (Å²) in [5, 5.41) is 2.71. The molecule has 0 aromatic heterocycles. The number of rotatable bonds is 4. The van der Waals surface area contributed by atoms with Crippen LogP contribution in [0.4, 0.5) is 4.79 Å². The second-order valence-corrected chi connectivity index (χ2v) is 3.36. The highest BCUT2D eigenvalue weighted by molar-refractivity contribution is 5.73. The molecule has 1 aromatic carbocycles. The second-order valence-electron chi connectivity index (χ2n) is 3.36. The minimum atomic E-state index is -0.0932. The number of nitrogens with two attached hydrogens (primary N) is 1. The van der Waals surface area contributed by atoms with Gasteiger partial charge in [0.05, 0.1) is 0 Å². The lowest BCUT2D eigenvalue weighted by Gasteiger charge is -2.17. The van der Waals surface area contributed by atoms with Crippen LogP contribution >= 0.6 is 0 Å². The van der Waals surface area contributed by atoms with Crippen LogP contribution in [0.1, 0.15) is 5.56 Å². The Kier molecular flexibility index (Phi) is 4.63. The molecule has 0 aliphatic heterocycles. The molecule has 1 rings (SSSR count). The average Bonchev–Trinajstić information content (AvgIpc) is 2.27. The van der Waals surface area contributed by atoms with Gasteiger partial charge in [0.15, 0.2) is 0 Å². The van der Waals surface area contributed by atoms with Gasteiger partial charge in [-0.25, -0.2) is 4.79 Å². The number of carbonyl (C=O) groups is 1. The van der Waals surface area contributed by atoms with Crippen molar-refractivity contribution in [3.8, 4) is 0 Å². The number of amides is 2. The molecule has 0 aliphatic carbocycles. The molecule has 4 nitrogen and oxygen atoms in total. The van der Waals surface area contributed by atoms with Crippen molar-refractivity contribution in [2.24, 2.45) is 5.73 Å². The Bertz CT molecular complexity index is 300.